The summed E-state index contributed by atoms with van der Waals surface area (Å²) in [5, 5.41) is 12.1. The smallest absolute Gasteiger partial charge is 0.143 e. The molecule has 14 rings (SSSR count). The Kier molecular flexibility index (Phi) is 8.90. The van der Waals surface area contributed by atoms with Gasteiger partial charge < -0.3 is 13.9 Å². The Morgan fingerprint density at radius 3 is 1.58 bits per heavy atom. The van der Waals surface area contributed by atoms with Crippen LogP contribution < -0.4 is 4.90 Å². The average molecular weight is 879 g/mol. The summed E-state index contributed by atoms with van der Waals surface area (Å²) in [6.45, 7) is 0. The van der Waals surface area contributed by atoms with Crippen LogP contribution in [0.15, 0.2) is 259 Å². The molecule has 0 spiro atoms. The maximum absolute atomic E-state index is 6.71. The zero-order valence-electron chi connectivity index (χ0n) is 37.6. The van der Waals surface area contributed by atoms with E-state index >= 15 is 0 Å². The summed E-state index contributed by atoms with van der Waals surface area (Å²) in [6.07, 6.45) is 0. The highest BCUT2D eigenvalue weighted by molar-refractivity contribution is 6.20. The van der Waals surface area contributed by atoms with Crippen LogP contribution in [-0.4, -0.2) is 4.57 Å². The van der Waals surface area contributed by atoms with Gasteiger partial charge in [-0.3, -0.25) is 0 Å². The molecule has 12 aromatic carbocycles. The van der Waals surface area contributed by atoms with Gasteiger partial charge in [-0.1, -0.05) is 182 Å². The van der Waals surface area contributed by atoms with Crippen LogP contribution >= 0.6 is 0 Å². The number of hydrogen-bond acceptors (Lipinski definition) is 2. The molecule has 0 aliphatic carbocycles. The quantitative estimate of drug-likeness (QED) is 0.149. The molecule has 0 saturated carbocycles. The van der Waals surface area contributed by atoms with E-state index in [2.05, 4.69) is 264 Å². The minimum absolute atomic E-state index is 0.875. The Hall–Kier alpha value is -9.18. The molecule has 69 heavy (non-hydrogen) atoms. The van der Waals surface area contributed by atoms with Crippen molar-refractivity contribution in [2.75, 3.05) is 4.90 Å². The fourth-order valence-electron chi connectivity index (χ4n) is 10.9. The van der Waals surface area contributed by atoms with Crippen LogP contribution in [0.25, 0.3) is 115 Å². The van der Waals surface area contributed by atoms with E-state index < -0.39 is 0 Å². The molecule has 3 nitrogen and oxygen atoms in total. The van der Waals surface area contributed by atoms with Gasteiger partial charge in [-0.05, 0) is 128 Å². The van der Waals surface area contributed by atoms with Crippen molar-refractivity contribution in [3.05, 3.63) is 255 Å². The van der Waals surface area contributed by atoms with Crippen molar-refractivity contribution in [2.24, 2.45) is 0 Å². The number of nitrogens with zero attached hydrogens (tertiary/aromatic N) is 2. The molecule has 0 aliphatic rings. The van der Waals surface area contributed by atoms with E-state index in [1.165, 1.54) is 59.9 Å². The molecular weight excluding hydrogens is 837 g/mol. The van der Waals surface area contributed by atoms with Crippen molar-refractivity contribution in [1.82, 2.24) is 4.57 Å². The number of anilines is 3. The topological polar surface area (TPSA) is 21.3 Å². The van der Waals surface area contributed by atoms with Crippen LogP contribution in [0, 0.1) is 0 Å². The summed E-state index contributed by atoms with van der Waals surface area (Å²) in [5.41, 5.74) is 15.4. The lowest BCUT2D eigenvalue weighted by atomic mass is 9.95. The fraction of sp³-hybridized carbons (Fsp3) is 0. The van der Waals surface area contributed by atoms with E-state index in [1.807, 2.05) is 0 Å². The highest BCUT2D eigenvalue weighted by Crippen LogP contribution is 2.46. The summed E-state index contributed by atoms with van der Waals surface area (Å²) in [6, 6.07) is 92.5. The van der Waals surface area contributed by atoms with E-state index in [-0.39, 0.29) is 0 Å². The SMILES string of the molecule is c1cc(-c2ccc(N(c3ccc(-c4ccc5c(ccc6ccccc65)c4)cc3)c3ccccc3-c3cccc4oc5c6ccccc6ccc5c34)cc2)cc(-n2c3ccccc3c3ccccc32)c1. The maximum Gasteiger partial charge on any atom is 0.143 e. The van der Waals surface area contributed by atoms with Crippen molar-refractivity contribution in [1.29, 1.82) is 0 Å². The number of benzene rings is 12. The lowest BCUT2D eigenvalue weighted by Crippen LogP contribution is -2.11. The van der Waals surface area contributed by atoms with Crippen molar-refractivity contribution >= 4 is 93.1 Å². The van der Waals surface area contributed by atoms with Crippen LogP contribution in [0.5, 0.6) is 0 Å². The molecule has 0 aliphatic heterocycles. The number of para-hydroxylation sites is 3. The third kappa shape index (κ3) is 6.36. The Balaban J connectivity index is 0.901. The zero-order chi connectivity index (χ0) is 45.4. The number of furan rings is 1. The van der Waals surface area contributed by atoms with Gasteiger partial charge in [-0.15, -0.1) is 0 Å². The van der Waals surface area contributed by atoms with Crippen molar-refractivity contribution in [3.63, 3.8) is 0 Å². The van der Waals surface area contributed by atoms with Gasteiger partial charge in [0.05, 0.1) is 16.7 Å². The van der Waals surface area contributed by atoms with E-state index in [0.717, 1.165) is 72.3 Å². The molecule has 0 bridgehead atoms. The predicted octanol–water partition coefficient (Wildman–Crippen LogP) is 18.6. The molecule has 2 heterocycles. The van der Waals surface area contributed by atoms with Gasteiger partial charge in [0.2, 0.25) is 0 Å². The Bertz CT molecular complexity index is 4260. The number of rotatable bonds is 7. The van der Waals surface area contributed by atoms with Crippen molar-refractivity contribution < 1.29 is 4.42 Å². The second kappa shape index (κ2) is 15.7. The van der Waals surface area contributed by atoms with Gasteiger partial charge in [-0.2, -0.15) is 0 Å². The summed E-state index contributed by atoms with van der Waals surface area (Å²) >= 11 is 0. The standard InChI is InChI=1S/C66H42N2O/c1-3-17-53-45(13-1)27-28-49-41-48(34-39-54(49)53)44-31-37-51(38-32-44)67(61-23-8-7-21-58(61)59-22-12-26-64-65(59)60-40-33-46-14-2-4-18-55(46)66(60)69-64)50-35-29-43(30-36-50)47-15-11-16-52(42-47)68-62-24-9-5-19-56(62)57-20-6-10-25-63(57)68/h1-42H. The lowest BCUT2D eigenvalue weighted by Gasteiger charge is -2.28. The number of hydrogen-bond donors (Lipinski definition) is 0. The summed E-state index contributed by atoms with van der Waals surface area (Å²) in [4.78, 5) is 2.40. The lowest BCUT2D eigenvalue weighted by molar-refractivity contribution is 0.673. The first-order chi connectivity index (χ1) is 34.2. The first kappa shape index (κ1) is 39.0. The van der Waals surface area contributed by atoms with E-state index in [9.17, 15) is 0 Å². The minimum atomic E-state index is 0.875. The molecule has 0 fully saturated rings. The number of fused-ring (bicyclic) bond motifs is 11. The summed E-state index contributed by atoms with van der Waals surface area (Å²) in [7, 11) is 0. The first-order valence-corrected chi connectivity index (χ1v) is 23.7. The molecule has 14 aromatic rings. The molecule has 0 amide bonds. The molecule has 0 atom stereocenters. The largest absolute Gasteiger partial charge is 0.455 e. The van der Waals surface area contributed by atoms with Crippen LogP contribution in [0.4, 0.5) is 17.1 Å². The second-order valence-corrected chi connectivity index (χ2v) is 18.0. The van der Waals surface area contributed by atoms with E-state index in [0.29, 0.717) is 0 Å². The summed E-state index contributed by atoms with van der Waals surface area (Å²) < 4.78 is 9.10. The molecule has 0 N–H and O–H groups in total. The van der Waals surface area contributed by atoms with Crippen LogP contribution in [0.1, 0.15) is 0 Å². The molecule has 0 radical (unpaired) electrons. The molecule has 322 valence electrons. The maximum atomic E-state index is 6.71. The van der Waals surface area contributed by atoms with Crippen molar-refractivity contribution in [3.8, 4) is 39.1 Å². The fourth-order valence-corrected chi connectivity index (χ4v) is 10.9. The highest BCUT2D eigenvalue weighted by Gasteiger charge is 2.22. The average Bonchev–Trinajstić information content (AvgIpc) is 3.98. The normalized spacial score (nSPS) is 11.8. The van der Waals surface area contributed by atoms with Crippen LogP contribution in [-0.2, 0) is 0 Å². The molecule has 0 unspecified atom stereocenters. The van der Waals surface area contributed by atoms with Gasteiger partial charge >= 0.3 is 0 Å². The predicted molar refractivity (Wildman–Crippen MR) is 292 cm³/mol. The number of aromatic nitrogens is 1. The Morgan fingerprint density at radius 2 is 0.841 bits per heavy atom. The van der Waals surface area contributed by atoms with E-state index in [4.69, 9.17) is 4.42 Å². The second-order valence-electron chi connectivity index (χ2n) is 18.0. The molecular formula is C66H42N2O. The first-order valence-electron chi connectivity index (χ1n) is 23.7. The minimum Gasteiger partial charge on any atom is -0.455 e. The molecule has 3 heteroatoms. The van der Waals surface area contributed by atoms with Gasteiger partial charge in [0.25, 0.3) is 0 Å². The third-order valence-corrected chi connectivity index (χ3v) is 14.2. The zero-order valence-corrected chi connectivity index (χ0v) is 37.6. The Morgan fingerprint density at radius 1 is 0.319 bits per heavy atom. The highest BCUT2D eigenvalue weighted by atomic mass is 16.3. The van der Waals surface area contributed by atoms with Gasteiger partial charge in [0.15, 0.2) is 0 Å². The molecule has 2 aromatic heterocycles. The van der Waals surface area contributed by atoms with E-state index in [1.54, 1.807) is 0 Å². The van der Waals surface area contributed by atoms with Crippen LogP contribution in [0.3, 0.4) is 0 Å². The summed E-state index contributed by atoms with van der Waals surface area (Å²) in [5.74, 6) is 0. The molecule has 0 saturated heterocycles. The van der Waals surface area contributed by atoms with Crippen molar-refractivity contribution in [2.45, 2.75) is 0 Å². The van der Waals surface area contributed by atoms with Gasteiger partial charge in [0, 0.05) is 49.6 Å². The Labute approximate surface area is 399 Å². The third-order valence-electron chi connectivity index (χ3n) is 14.2. The van der Waals surface area contributed by atoms with Gasteiger partial charge in [0.1, 0.15) is 11.2 Å². The van der Waals surface area contributed by atoms with Crippen LogP contribution in [0.2, 0.25) is 0 Å². The monoisotopic (exact) mass is 878 g/mol. The van der Waals surface area contributed by atoms with Gasteiger partial charge in [-0.25, -0.2) is 0 Å².